The average Bonchev–Trinajstić information content (AvgIpc) is 1.35. The van der Waals surface area contributed by atoms with Crippen molar-refractivity contribution in [3.63, 3.8) is 0 Å². The largest absolute Gasteiger partial charge is 0.393 e. The summed E-state index contributed by atoms with van der Waals surface area (Å²) in [7, 11) is 0. The number of hydrogen-bond acceptors (Lipinski definition) is 1. The van der Waals surface area contributed by atoms with E-state index >= 15 is 0 Å². The van der Waals surface area contributed by atoms with Gasteiger partial charge in [-0.1, -0.05) is 12.7 Å². The predicted octanol–water partition coefficient (Wildman–Crippen LogP) is 1.37. The van der Waals surface area contributed by atoms with Gasteiger partial charge >= 0.3 is 0 Å². The minimum Gasteiger partial charge on any atom is -0.393 e. The standard InChI is InChI=1S/C4H6BrN/c1-2-3-4(5)6/h2-3H,1,6H2. The van der Waals surface area contributed by atoms with E-state index in [9.17, 15) is 0 Å². The lowest BCUT2D eigenvalue weighted by molar-refractivity contribution is 1.57. The Morgan fingerprint density at radius 2 is 2.33 bits per heavy atom. The van der Waals surface area contributed by atoms with Crippen molar-refractivity contribution in [2.75, 3.05) is 0 Å². The molecule has 0 fully saturated rings. The first-order valence-electron chi connectivity index (χ1n) is 1.51. The molecule has 0 saturated heterocycles. The third-order valence-corrected chi connectivity index (χ3v) is 0.541. The van der Waals surface area contributed by atoms with Crippen molar-refractivity contribution in [1.29, 1.82) is 0 Å². The van der Waals surface area contributed by atoms with Crippen molar-refractivity contribution < 1.29 is 0 Å². The van der Waals surface area contributed by atoms with E-state index in [2.05, 4.69) is 22.5 Å². The molecule has 0 bridgehead atoms. The molecule has 2 heteroatoms. The van der Waals surface area contributed by atoms with Crippen molar-refractivity contribution in [3.8, 4) is 0 Å². The molecule has 0 aliphatic heterocycles. The first kappa shape index (κ1) is 5.76. The van der Waals surface area contributed by atoms with E-state index < -0.39 is 0 Å². The van der Waals surface area contributed by atoms with Crippen LogP contribution in [0.15, 0.2) is 23.3 Å². The quantitative estimate of drug-likeness (QED) is 0.441. The van der Waals surface area contributed by atoms with Crippen LogP contribution in [0.25, 0.3) is 0 Å². The van der Waals surface area contributed by atoms with Crippen LogP contribution in [0.4, 0.5) is 0 Å². The maximum atomic E-state index is 5.11. The summed E-state index contributed by atoms with van der Waals surface area (Å²) in [4.78, 5) is 0. The number of rotatable bonds is 1. The van der Waals surface area contributed by atoms with E-state index in [1.54, 1.807) is 12.2 Å². The highest BCUT2D eigenvalue weighted by Crippen LogP contribution is 1.91. The third-order valence-electron chi connectivity index (χ3n) is 0.277. The molecule has 0 saturated carbocycles. The van der Waals surface area contributed by atoms with Crippen molar-refractivity contribution in [2.45, 2.75) is 0 Å². The molecule has 0 spiro atoms. The van der Waals surface area contributed by atoms with Gasteiger partial charge in [0.25, 0.3) is 0 Å². The van der Waals surface area contributed by atoms with Gasteiger partial charge in [0.05, 0.1) is 4.61 Å². The minimum absolute atomic E-state index is 0.609. The Morgan fingerprint density at radius 1 is 1.83 bits per heavy atom. The molecule has 0 aliphatic rings. The molecular formula is C4H6BrN. The van der Waals surface area contributed by atoms with Gasteiger partial charge < -0.3 is 5.73 Å². The predicted molar refractivity (Wildman–Crippen MR) is 31.4 cm³/mol. The summed E-state index contributed by atoms with van der Waals surface area (Å²) in [5, 5.41) is 0. The zero-order valence-corrected chi connectivity index (χ0v) is 4.90. The number of hydrogen-bond donors (Lipinski definition) is 1. The number of nitrogens with two attached hydrogens (primary N) is 1. The van der Waals surface area contributed by atoms with Crippen LogP contribution in [0, 0.1) is 0 Å². The monoisotopic (exact) mass is 147 g/mol. The third kappa shape index (κ3) is 3.76. The van der Waals surface area contributed by atoms with Gasteiger partial charge in [0, 0.05) is 0 Å². The zero-order chi connectivity index (χ0) is 4.99. The Bertz CT molecular complexity index is 71.6. The summed E-state index contributed by atoms with van der Waals surface area (Å²) in [5.41, 5.74) is 5.11. The minimum atomic E-state index is 0.609. The Balaban J connectivity index is 3.41. The molecule has 0 aromatic heterocycles. The lowest BCUT2D eigenvalue weighted by atomic mass is 10.6. The van der Waals surface area contributed by atoms with Crippen LogP contribution < -0.4 is 5.73 Å². The Hall–Kier alpha value is -0.240. The maximum Gasteiger partial charge on any atom is 0.0753 e. The molecule has 0 aromatic carbocycles. The molecule has 0 aliphatic carbocycles. The molecule has 0 unspecified atom stereocenters. The summed E-state index contributed by atoms with van der Waals surface area (Å²) in [6.07, 6.45) is 3.28. The van der Waals surface area contributed by atoms with Gasteiger partial charge in [0.2, 0.25) is 0 Å². The second-order valence-electron chi connectivity index (χ2n) is 0.787. The van der Waals surface area contributed by atoms with E-state index in [-0.39, 0.29) is 0 Å². The Labute approximate surface area is 45.7 Å². The summed E-state index contributed by atoms with van der Waals surface area (Å²) < 4.78 is 0.609. The number of allylic oxidation sites excluding steroid dienone is 2. The highest BCUT2D eigenvalue weighted by Gasteiger charge is 1.66. The van der Waals surface area contributed by atoms with Gasteiger partial charge in [-0.05, 0) is 22.0 Å². The highest BCUT2D eigenvalue weighted by atomic mass is 79.9. The van der Waals surface area contributed by atoms with Crippen molar-refractivity contribution in [1.82, 2.24) is 0 Å². The first-order valence-corrected chi connectivity index (χ1v) is 2.30. The SMILES string of the molecule is C=CC=C(N)Br. The molecule has 0 amide bonds. The van der Waals surface area contributed by atoms with E-state index in [1.807, 2.05) is 0 Å². The van der Waals surface area contributed by atoms with E-state index in [4.69, 9.17) is 5.73 Å². The van der Waals surface area contributed by atoms with E-state index in [0.717, 1.165) is 0 Å². The second kappa shape index (κ2) is 2.97. The van der Waals surface area contributed by atoms with Crippen molar-refractivity contribution in [3.05, 3.63) is 23.3 Å². The molecular weight excluding hydrogens is 142 g/mol. The van der Waals surface area contributed by atoms with Gasteiger partial charge in [0.1, 0.15) is 0 Å². The van der Waals surface area contributed by atoms with Gasteiger partial charge in [-0.3, -0.25) is 0 Å². The summed E-state index contributed by atoms with van der Waals surface area (Å²) in [5.74, 6) is 0. The summed E-state index contributed by atoms with van der Waals surface area (Å²) >= 11 is 3.00. The molecule has 0 heterocycles. The highest BCUT2D eigenvalue weighted by molar-refractivity contribution is 9.11. The van der Waals surface area contributed by atoms with Gasteiger partial charge in [-0.25, -0.2) is 0 Å². The van der Waals surface area contributed by atoms with Gasteiger partial charge in [-0.2, -0.15) is 0 Å². The van der Waals surface area contributed by atoms with E-state index in [0.29, 0.717) is 4.61 Å². The fraction of sp³-hybridized carbons (Fsp3) is 0. The molecule has 0 radical (unpaired) electrons. The van der Waals surface area contributed by atoms with Crippen LogP contribution >= 0.6 is 15.9 Å². The van der Waals surface area contributed by atoms with Crippen LogP contribution in [0.3, 0.4) is 0 Å². The molecule has 0 aromatic rings. The van der Waals surface area contributed by atoms with Gasteiger partial charge in [-0.15, -0.1) is 0 Å². The molecule has 2 N–H and O–H groups in total. The fourth-order valence-corrected chi connectivity index (χ4v) is 0.299. The topological polar surface area (TPSA) is 26.0 Å². The van der Waals surface area contributed by atoms with Crippen LogP contribution in [0.1, 0.15) is 0 Å². The average molecular weight is 148 g/mol. The van der Waals surface area contributed by atoms with E-state index in [1.165, 1.54) is 0 Å². The summed E-state index contributed by atoms with van der Waals surface area (Å²) in [6, 6.07) is 0. The lowest BCUT2D eigenvalue weighted by Crippen LogP contribution is -1.82. The van der Waals surface area contributed by atoms with Crippen LogP contribution in [-0.4, -0.2) is 0 Å². The lowest BCUT2D eigenvalue weighted by Gasteiger charge is -1.75. The maximum absolute atomic E-state index is 5.11. The molecule has 0 rings (SSSR count). The molecule has 1 nitrogen and oxygen atoms in total. The molecule has 34 valence electrons. The first-order chi connectivity index (χ1) is 2.77. The molecule has 6 heavy (non-hydrogen) atoms. The normalized spacial score (nSPS) is 11.2. The summed E-state index contributed by atoms with van der Waals surface area (Å²) in [6.45, 7) is 3.41. The second-order valence-corrected chi connectivity index (χ2v) is 1.70. The zero-order valence-electron chi connectivity index (χ0n) is 3.32. The fourth-order valence-electron chi connectivity index (χ4n) is 0.113. The smallest absolute Gasteiger partial charge is 0.0753 e. The number of halogens is 1. The van der Waals surface area contributed by atoms with Crippen LogP contribution in [0.5, 0.6) is 0 Å². The molecule has 0 atom stereocenters. The Morgan fingerprint density at radius 3 is 2.33 bits per heavy atom. The Kier molecular flexibility index (Phi) is 2.85. The van der Waals surface area contributed by atoms with Crippen molar-refractivity contribution >= 4 is 15.9 Å². The van der Waals surface area contributed by atoms with Crippen LogP contribution in [0.2, 0.25) is 0 Å². The van der Waals surface area contributed by atoms with Crippen LogP contribution in [-0.2, 0) is 0 Å². The van der Waals surface area contributed by atoms with Crippen molar-refractivity contribution in [2.24, 2.45) is 5.73 Å². The van der Waals surface area contributed by atoms with Gasteiger partial charge in [0.15, 0.2) is 0 Å².